The number of hydrogen-bond donors (Lipinski definition) is 2. The Hall–Kier alpha value is -1.30. The maximum Gasteiger partial charge on any atom is 0.230 e. The molecule has 0 aliphatic heterocycles. The minimum atomic E-state index is -0.218. The number of carbonyl (C=O) groups excluding carboxylic acids is 1. The molecule has 5 nitrogen and oxygen atoms in total. The Labute approximate surface area is 131 Å². The predicted octanol–water partition coefficient (Wildman–Crippen LogP) is 2.20. The highest BCUT2D eigenvalue weighted by Gasteiger charge is 2.49. The van der Waals surface area contributed by atoms with Crippen molar-refractivity contribution >= 4 is 24.0 Å². The minimum absolute atomic E-state index is 0. The Morgan fingerprint density at radius 1 is 1.29 bits per heavy atom. The van der Waals surface area contributed by atoms with Crippen molar-refractivity contribution in [3.8, 4) is 5.75 Å². The number of anilines is 1. The van der Waals surface area contributed by atoms with Crippen LogP contribution < -0.4 is 15.8 Å². The van der Waals surface area contributed by atoms with E-state index in [-0.39, 0.29) is 23.7 Å². The van der Waals surface area contributed by atoms with Gasteiger partial charge in [-0.05, 0) is 43.5 Å². The van der Waals surface area contributed by atoms with Crippen molar-refractivity contribution in [3.05, 3.63) is 24.3 Å². The number of rotatable bonds is 8. The maximum atomic E-state index is 12.2. The van der Waals surface area contributed by atoms with Gasteiger partial charge in [-0.1, -0.05) is 0 Å². The molecule has 1 aromatic carbocycles. The summed E-state index contributed by atoms with van der Waals surface area (Å²) >= 11 is 0. The van der Waals surface area contributed by atoms with E-state index in [4.69, 9.17) is 15.2 Å². The highest BCUT2D eigenvalue weighted by Crippen LogP contribution is 2.49. The third kappa shape index (κ3) is 4.88. The van der Waals surface area contributed by atoms with Crippen molar-refractivity contribution in [3.63, 3.8) is 0 Å². The first-order valence-corrected chi connectivity index (χ1v) is 6.93. The number of amides is 1. The van der Waals surface area contributed by atoms with Crippen LogP contribution in [0.1, 0.15) is 19.3 Å². The van der Waals surface area contributed by atoms with Gasteiger partial charge in [-0.25, -0.2) is 0 Å². The van der Waals surface area contributed by atoms with Crippen molar-refractivity contribution in [2.45, 2.75) is 19.3 Å². The molecule has 1 fully saturated rings. The fraction of sp³-hybridized carbons (Fsp3) is 0.533. The quantitative estimate of drug-likeness (QED) is 0.771. The van der Waals surface area contributed by atoms with Crippen LogP contribution in [0.4, 0.5) is 5.69 Å². The number of hydrogen-bond acceptors (Lipinski definition) is 4. The van der Waals surface area contributed by atoms with Crippen LogP contribution in [0, 0.1) is 5.41 Å². The third-order valence-corrected chi connectivity index (χ3v) is 3.62. The first-order chi connectivity index (χ1) is 9.70. The van der Waals surface area contributed by atoms with Gasteiger partial charge in [0.2, 0.25) is 5.91 Å². The van der Waals surface area contributed by atoms with Gasteiger partial charge in [0.05, 0.1) is 5.41 Å². The summed E-state index contributed by atoms with van der Waals surface area (Å²) in [6.07, 6.45) is 2.67. The second kappa shape index (κ2) is 8.22. The first-order valence-electron chi connectivity index (χ1n) is 6.93. The van der Waals surface area contributed by atoms with Gasteiger partial charge in [0, 0.05) is 25.9 Å². The molecule has 1 aliphatic carbocycles. The SMILES string of the molecule is COCCC1(C(=O)Nc2ccc(OCCN)cc2)CC1.Cl. The Morgan fingerprint density at radius 2 is 1.95 bits per heavy atom. The summed E-state index contributed by atoms with van der Waals surface area (Å²) in [4.78, 5) is 12.2. The summed E-state index contributed by atoms with van der Waals surface area (Å²) in [5.41, 5.74) is 5.95. The maximum absolute atomic E-state index is 12.2. The minimum Gasteiger partial charge on any atom is -0.492 e. The van der Waals surface area contributed by atoms with Gasteiger partial charge in [-0.15, -0.1) is 12.4 Å². The largest absolute Gasteiger partial charge is 0.492 e. The van der Waals surface area contributed by atoms with Crippen LogP contribution in [0.2, 0.25) is 0 Å². The highest BCUT2D eigenvalue weighted by atomic mass is 35.5. The molecule has 6 heteroatoms. The number of nitrogens with two attached hydrogens (primary N) is 1. The van der Waals surface area contributed by atoms with Crippen molar-refractivity contribution in [1.29, 1.82) is 0 Å². The lowest BCUT2D eigenvalue weighted by molar-refractivity contribution is -0.121. The molecule has 0 unspecified atom stereocenters. The highest BCUT2D eigenvalue weighted by molar-refractivity contribution is 5.97. The molecule has 0 saturated heterocycles. The van der Waals surface area contributed by atoms with Gasteiger partial charge in [0.1, 0.15) is 12.4 Å². The van der Waals surface area contributed by atoms with Crippen molar-refractivity contribution in [2.24, 2.45) is 11.1 Å². The summed E-state index contributed by atoms with van der Waals surface area (Å²) in [5.74, 6) is 0.846. The number of nitrogens with one attached hydrogen (secondary N) is 1. The molecule has 0 spiro atoms. The van der Waals surface area contributed by atoms with E-state index in [0.717, 1.165) is 30.7 Å². The third-order valence-electron chi connectivity index (χ3n) is 3.62. The average Bonchev–Trinajstić information content (AvgIpc) is 3.25. The number of halogens is 1. The Kier molecular flexibility index (Phi) is 6.95. The Balaban J connectivity index is 0.00000220. The van der Waals surface area contributed by atoms with Crippen molar-refractivity contribution < 1.29 is 14.3 Å². The van der Waals surface area contributed by atoms with E-state index in [0.29, 0.717) is 19.8 Å². The molecule has 0 bridgehead atoms. The van der Waals surface area contributed by atoms with Crippen LogP contribution in [0.3, 0.4) is 0 Å². The van der Waals surface area contributed by atoms with E-state index in [1.165, 1.54) is 0 Å². The van der Waals surface area contributed by atoms with Gasteiger partial charge >= 0.3 is 0 Å². The van der Waals surface area contributed by atoms with Crippen LogP contribution in [-0.2, 0) is 9.53 Å². The smallest absolute Gasteiger partial charge is 0.230 e. The molecule has 0 aromatic heterocycles. The zero-order chi connectivity index (χ0) is 14.4. The van der Waals surface area contributed by atoms with Crippen LogP contribution in [0.25, 0.3) is 0 Å². The number of benzene rings is 1. The van der Waals surface area contributed by atoms with E-state index in [2.05, 4.69) is 5.32 Å². The molecule has 0 atom stereocenters. The van der Waals surface area contributed by atoms with E-state index in [1.54, 1.807) is 7.11 Å². The lowest BCUT2D eigenvalue weighted by Gasteiger charge is -2.15. The summed E-state index contributed by atoms with van der Waals surface area (Å²) in [6.45, 7) is 1.60. The standard InChI is InChI=1S/C15H22N2O3.ClH/c1-19-10-8-15(6-7-15)14(18)17-12-2-4-13(5-3-12)20-11-9-16;/h2-5H,6-11,16H2,1H3,(H,17,18);1H. The lowest BCUT2D eigenvalue weighted by Crippen LogP contribution is -2.25. The second-order valence-electron chi connectivity index (χ2n) is 5.14. The molecule has 21 heavy (non-hydrogen) atoms. The molecular weight excluding hydrogens is 292 g/mol. The topological polar surface area (TPSA) is 73.6 Å². The molecule has 1 aliphatic rings. The fourth-order valence-electron chi connectivity index (χ4n) is 2.11. The zero-order valence-electron chi connectivity index (χ0n) is 12.3. The molecular formula is C15H23ClN2O3. The Bertz CT molecular complexity index is 447. The zero-order valence-corrected chi connectivity index (χ0v) is 13.1. The van der Waals surface area contributed by atoms with E-state index in [1.807, 2.05) is 24.3 Å². The van der Waals surface area contributed by atoms with Crippen LogP contribution in [-0.4, -0.2) is 32.8 Å². The molecule has 3 N–H and O–H groups in total. The monoisotopic (exact) mass is 314 g/mol. The van der Waals surface area contributed by atoms with Crippen molar-refractivity contribution in [2.75, 3.05) is 32.2 Å². The molecule has 118 valence electrons. The first kappa shape index (κ1) is 17.8. The van der Waals surface area contributed by atoms with Gasteiger partial charge in [-0.3, -0.25) is 4.79 Å². The number of ether oxygens (including phenoxy) is 2. The lowest BCUT2D eigenvalue weighted by atomic mass is 10.0. The molecule has 1 amide bonds. The van der Waals surface area contributed by atoms with E-state index in [9.17, 15) is 4.79 Å². The van der Waals surface area contributed by atoms with Gasteiger partial charge < -0.3 is 20.5 Å². The normalized spacial score (nSPS) is 15.0. The van der Waals surface area contributed by atoms with Gasteiger partial charge in [0.15, 0.2) is 0 Å². The predicted molar refractivity (Wildman–Crippen MR) is 85.0 cm³/mol. The summed E-state index contributed by atoms with van der Waals surface area (Å²) < 4.78 is 10.5. The molecule has 2 rings (SSSR count). The molecule has 1 aromatic rings. The van der Waals surface area contributed by atoms with Crippen molar-refractivity contribution in [1.82, 2.24) is 0 Å². The summed E-state index contributed by atoms with van der Waals surface area (Å²) in [5, 5.41) is 2.96. The molecule has 0 radical (unpaired) electrons. The number of methoxy groups -OCH3 is 1. The molecule has 1 saturated carbocycles. The summed E-state index contributed by atoms with van der Waals surface area (Å²) in [6, 6.07) is 7.35. The van der Waals surface area contributed by atoms with Gasteiger partial charge in [0.25, 0.3) is 0 Å². The summed E-state index contributed by atoms with van der Waals surface area (Å²) in [7, 11) is 1.66. The fourth-order valence-corrected chi connectivity index (χ4v) is 2.11. The van der Waals surface area contributed by atoms with Crippen LogP contribution in [0.5, 0.6) is 5.75 Å². The van der Waals surface area contributed by atoms with E-state index >= 15 is 0 Å². The average molecular weight is 315 g/mol. The molecule has 0 heterocycles. The van der Waals surface area contributed by atoms with Crippen LogP contribution in [0.15, 0.2) is 24.3 Å². The Morgan fingerprint density at radius 3 is 2.48 bits per heavy atom. The second-order valence-corrected chi connectivity index (χ2v) is 5.14. The van der Waals surface area contributed by atoms with Crippen LogP contribution >= 0.6 is 12.4 Å². The van der Waals surface area contributed by atoms with Gasteiger partial charge in [-0.2, -0.15) is 0 Å². The van der Waals surface area contributed by atoms with E-state index < -0.39 is 0 Å². The number of carbonyl (C=O) groups is 1.